The van der Waals surface area contributed by atoms with Gasteiger partial charge in [-0.05, 0) is 65.6 Å². The molecule has 37 heavy (non-hydrogen) atoms. The van der Waals surface area contributed by atoms with E-state index in [1.54, 1.807) is 48.5 Å². The molecule has 9 heteroatoms. The number of aromatic hydroxyl groups is 2. The van der Waals surface area contributed by atoms with Gasteiger partial charge in [0.15, 0.2) is 29.1 Å². The van der Waals surface area contributed by atoms with E-state index < -0.39 is 18.8 Å². The lowest BCUT2D eigenvalue weighted by atomic mass is 10.0. The number of carbonyl (C=O) groups is 1. The van der Waals surface area contributed by atoms with Crippen LogP contribution in [0.3, 0.4) is 0 Å². The summed E-state index contributed by atoms with van der Waals surface area (Å²) in [7, 11) is 2.86. The van der Waals surface area contributed by atoms with Crippen molar-refractivity contribution in [3.8, 4) is 28.7 Å². The number of phenolic OH excluding ortho intramolecular Hbond substituents is 2. The van der Waals surface area contributed by atoms with Crippen LogP contribution in [0.25, 0.3) is 6.08 Å². The number of hydrogen-bond acceptors (Lipinski definition) is 8. The zero-order valence-electron chi connectivity index (χ0n) is 20.6. The van der Waals surface area contributed by atoms with Crippen molar-refractivity contribution in [3.63, 3.8) is 0 Å². The molecule has 1 amide bonds. The third-order valence-electron chi connectivity index (χ3n) is 5.62. The van der Waals surface area contributed by atoms with Gasteiger partial charge in [-0.3, -0.25) is 4.79 Å². The molecule has 0 aliphatic rings. The Hall–Kier alpha value is -4.21. The van der Waals surface area contributed by atoms with Crippen LogP contribution in [0.2, 0.25) is 0 Å². The highest BCUT2D eigenvalue weighted by Crippen LogP contribution is 2.34. The van der Waals surface area contributed by atoms with E-state index in [2.05, 4.69) is 5.32 Å². The molecule has 0 aromatic heterocycles. The Balaban J connectivity index is 1.62. The highest BCUT2D eigenvalue weighted by atomic mass is 16.5. The molecule has 196 valence electrons. The SMILES string of the molecule is COc1cc(C(O)C(CO)Oc2ccc(C=CC(=O)NCCc3ccc(O)cc3)cc2OC)ccc1O. The van der Waals surface area contributed by atoms with Gasteiger partial charge in [0.05, 0.1) is 20.8 Å². The predicted molar refractivity (Wildman–Crippen MR) is 138 cm³/mol. The van der Waals surface area contributed by atoms with Gasteiger partial charge in [0.2, 0.25) is 5.91 Å². The zero-order valence-corrected chi connectivity index (χ0v) is 20.6. The van der Waals surface area contributed by atoms with Gasteiger partial charge in [-0.25, -0.2) is 0 Å². The molecular formula is C28H31NO8. The van der Waals surface area contributed by atoms with Gasteiger partial charge < -0.3 is 40.0 Å². The fraction of sp³-hybridized carbons (Fsp3) is 0.250. The van der Waals surface area contributed by atoms with Crippen LogP contribution in [-0.2, 0) is 11.2 Å². The normalized spacial score (nSPS) is 12.6. The lowest BCUT2D eigenvalue weighted by Gasteiger charge is -2.24. The van der Waals surface area contributed by atoms with Crippen molar-refractivity contribution in [2.24, 2.45) is 0 Å². The molecule has 0 heterocycles. The molecule has 0 saturated heterocycles. The Labute approximate surface area is 215 Å². The van der Waals surface area contributed by atoms with Crippen LogP contribution in [0.1, 0.15) is 22.8 Å². The monoisotopic (exact) mass is 509 g/mol. The third-order valence-corrected chi connectivity index (χ3v) is 5.62. The number of aliphatic hydroxyl groups excluding tert-OH is 2. The number of methoxy groups -OCH3 is 2. The number of rotatable bonds is 12. The second kappa shape index (κ2) is 13.2. The molecule has 0 radical (unpaired) electrons. The van der Waals surface area contributed by atoms with E-state index in [0.717, 1.165) is 5.56 Å². The fourth-order valence-electron chi connectivity index (χ4n) is 3.57. The van der Waals surface area contributed by atoms with Crippen molar-refractivity contribution < 1.29 is 39.4 Å². The molecule has 0 bridgehead atoms. The first kappa shape index (κ1) is 27.4. The van der Waals surface area contributed by atoms with Gasteiger partial charge in [0.25, 0.3) is 0 Å². The van der Waals surface area contributed by atoms with Crippen LogP contribution >= 0.6 is 0 Å². The van der Waals surface area contributed by atoms with E-state index in [1.165, 1.54) is 38.5 Å². The van der Waals surface area contributed by atoms with E-state index in [-0.39, 0.29) is 23.2 Å². The molecule has 5 N–H and O–H groups in total. The summed E-state index contributed by atoms with van der Waals surface area (Å²) in [4.78, 5) is 12.2. The molecule has 2 unspecified atom stereocenters. The summed E-state index contributed by atoms with van der Waals surface area (Å²) >= 11 is 0. The first-order valence-electron chi connectivity index (χ1n) is 11.6. The van der Waals surface area contributed by atoms with Crippen LogP contribution in [0.4, 0.5) is 0 Å². The van der Waals surface area contributed by atoms with Crippen LogP contribution < -0.4 is 19.5 Å². The number of benzene rings is 3. The number of phenols is 2. The fourth-order valence-corrected chi connectivity index (χ4v) is 3.57. The van der Waals surface area contributed by atoms with Crippen LogP contribution in [-0.4, -0.2) is 59.8 Å². The smallest absolute Gasteiger partial charge is 0.244 e. The molecular weight excluding hydrogens is 478 g/mol. The summed E-state index contributed by atoms with van der Waals surface area (Å²) < 4.78 is 16.3. The maximum Gasteiger partial charge on any atom is 0.244 e. The van der Waals surface area contributed by atoms with E-state index in [0.29, 0.717) is 35.6 Å². The van der Waals surface area contributed by atoms with Crippen molar-refractivity contribution >= 4 is 12.0 Å². The third kappa shape index (κ3) is 7.63. The van der Waals surface area contributed by atoms with Crippen molar-refractivity contribution in [1.29, 1.82) is 0 Å². The van der Waals surface area contributed by atoms with Gasteiger partial charge >= 0.3 is 0 Å². The molecule has 3 rings (SSSR count). The first-order valence-corrected chi connectivity index (χ1v) is 11.6. The minimum absolute atomic E-state index is 0.0729. The minimum Gasteiger partial charge on any atom is -0.508 e. The molecule has 9 nitrogen and oxygen atoms in total. The predicted octanol–water partition coefficient (Wildman–Crippen LogP) is 2.96. The number of amides is 1. The van der Waals surface area contributed by atoms with Crippen LogP contribution in [0.15, 0.2) is 66.7 Å². The summed E-state index contributed by atoms with van der Waals surface area (Å²) in [5.41, 5.74) is 2.07. The van der Waals surface area contributed by atoms with Crippen LogP contribution in [0.5, 0.6) is 28.7 Å². The average molecular weight is 510 g/mol. The van der Waals surface area contributed by atoms with E-state index in [1.807, 2.05) is 0 Å². The van der Waals surface area contributed by atoms with Crippen molar-refractivity contribution in [2.45, 2.75) is 18.6 Å². The number of hydrogen-bond donors (Lipinski definition) is 5. The highest BCUT2D eigenvalue weighted by molar-refractivity contribution is 5.91. The Bertz CT molecular complexity index is 1210. The van der Waals surface area contributed by atoms with Crippen LogP contribution in [0, 0.1) is 0 Å². The summed E-state index contributed by atoms with van der Waals surface area (Å²) in [5.74, 6) is 0.697. The van der Waals surface area contributed by atoms with Gasteiger partial charge in [-0.2, -0.15) is 0 Å². The first-order chi connectivity index (χ1) is 17.8. The summed E-state index contributed by atoms with van der Waals surface area (Å²) in [5, 5.41) is 42.5. The topological polar surface area (TPSA) is 138 Å². The molecule has 0 spiro atoms. The Morgan fingerprint density at radius 1 is 0.946 bits per heavy atom. The Morgan fingerprint density at radius 2 is 1.68 bits per heavy atom. The quantitative estimate of drug-likeness (QED) is 0.235. The second-order valence-corrected chi connectivity index (χ2v) is 8.17. The maximum atomic E-state index is 12.2. The van der Waals surface area contributed by atoms with Crippen molar-refractivity contribution in [3.05, 3.63) is 83.4 Å². The van der Waals surface area contributed by atoms with Gasteiger partial charge in [0.1, 0.15) is 11.9 Å². The second-order valence-electron chi connectivity index (χ2n) is 8.17. The largest absolute Gasteiger partial charge is 0.508 e. The van der Waals surface area contributed by atoms with Gasteiger partial charge in [-0.1, -0.05) is 24.3 Å². The minimum atomic E-state index is -1.21. The van der Waals surface area contributed by atoms with Crippen molar-refractivity contribution in [2.75, 3.05) is 27.4 Å². The Morgan fingerprint density at radius 3 is 2.35 bits per heavy atom. The van der Waals surface area contributed by atoms with E-state index >= 15 is 0 Å². The lowest BCUT2D eigenvalue weighted by molar-refractivity contribution is -0.116. The molecule has 3 aromatic rings. The van der Waals surface area contributed by atoms with E-state index in [9.17, 15) is 25.2 Å². The number of nitrogens with one attached hydrogen (secondary N) is 1. The Kier molecular flexibility index (Phi) is 9.76. The summed E-state index contributed by atoms with van der Waals surface area (Å²) in [6.45, 7) is -0.0404. The standard InChI is InChI=1S/C28H31NO8/c1-35-24-16-20(7-10-22(24)32)28(34)26(17-30)37-23-11-5-19(15-25(23)36-2)6-12-27(33)29-14-13-18-3-8-21(31)9-4-18/h3-12,15-16,26,28,30-32,34H,13-14,17H2,1-2H3,(H,29,33). The molecule has 0 aliphatic heterocycles. The number of carbonyl (C=O) groups excluding carboxylic acids is 1. The average Bonchev–Trinajstić information content (AvgIpc) is 2.91. The summed E-state index contributed by atoms with van der Waals surface area (Å²) in [6.07, 6.45) is 1.43. The molecule has 0 fully saturated rings. The van der Waals surface area contributed by atoms with Gasteiger partial charge in [0, 0.05) is 12.6 Å². The zero-order chi connectivity index (χ0) is 26.8. The van der Waals surface area contributed by atoms with Crippen molar-refractivity contribution in [1.82, 2.24) is 5.32 Å². The van der Waals surface area contributed by atoms with E-state index in [4.69, 9.17) is 14.2 Å². The lowest BCUT2D eigenvalue weighted by Crippen LogP contribution is -2.29. The summed E-state index contributed by atoms with van der Waals surface area (Å²) in [6, 6.07) is 16.2. The molecule has 0 saturated carbocycles. The molecule has 3 aromatic carbocycles. The molecule has 0 aliphatic carbocycles. The number of ether oxygens (including phenoxy) is 3. The van der Waals surface area contributed by atoms with Gasteiger partial charge in [-0.15, -0.1) is 0 Å². The number of aliphatic hydroxyl groups is 2. The highest BCUT2D eigenvalue weighted by Gasteiger charge is 2.24. The molecule has 2 atom stereocenters. The maximum absolute atomic E-state index is 12.2.